The van der Waals surface area contributed by atoms with E-state index in [0.29, 0.717) is 23.9 Å². The molecule has 0 aliphatic rings. The summed E-state index contributed by atoms with van der Waals surface area (Å²) in [6, 6.07) is 23.0. The zero-order valence-corrected chi connectivity index (χ0v) is 16.4. The third-order valence-electron chi connectivity index (χ3n) is 4.34. The van der Waals surface area contributed by atoms with Gasteiger partial charge in [-0.15, -0.1) is 0 Å². The van der Waals surface area contributed by atoms with E-state index in [0.717, 1.165) is 5.30 Å². The molecular formula is C22H19N2O4P-2. The number of anilines is 2. The first-order chi connectivity index (χ1) is 14.1. The van der Waals surface area contributed by atoms with E-state index in [1.54, 1.807) is 36.4 Å². The molecule has 0 aliphatic carbocycles. The van der Waals surface area contributed by atoms with E-state index in [2.05, 4.69) is 10.6 Å². The number of nitrogens with one attached hydrogen (secondary N) is 2. The van der Waals surface area contributed by atoms with Crippen LogP contribution >= 0.6 is 7.92 Å². The van der Waals surface area contributed by atoms with Gasteiger partial charge in [0, 0.05) is 35.1 Å². The van der Waals surface area contributed by atoms with Crippen LogP contribution in [-0.2, 0) is 0 Å². The highest BCUT2D eigenvalue weighted by Gasteiger charge is 2.13. The first-order valence-electron chi connectivity index (χ1n) is 8.95. The molecule has 3 rings (SSSR count). The van der Waals surface area contributed by atoms with Crippen LogP contribution in [-0.4, -0.2) is 24.5 Å². The van der Waals surface area contributed by atoms with Crippen molar-refractivity contribution in [3.05, 3.63) is 90.0 Å². The number of para-hydroxylation sites is 2. The lowest BCUT2D eigenvalue weighted by molar-refractivity contribution is -0.256. The molecule has 0 amide bonds. The zero-order chi connectivity index (χ0) is 20.6. The summed E-state index contributed by atoms with van der Waals surface area (Å²) in [7, 11) is -0.815. The highest BCUT2D eigenvalue weighted by atomic mass is 31.1. The number of carbonyl (C=O) groups excluding carboxylic acids is 2. The van der Waals surface area contributed by atoms with Gasteiger partial charge in [0.2, 0.25) is 0 Å². The smallest absolute Gasteiger partial charge is 0.0736 e. The van der Waals surface area contributed by atoms with Gasteiger partial charge in [-0.2, -0.15) is 0 Å². The first-order valence-corrected chi connectivity index (χ1v) is 10.7. The largest absolute Gasteiger partial charge is 0.545 e. The summed E-state index contributed by atoms with van der Waals surface area (Å²) in [6.07, 6.45) is 1.01. The lowest BCUT2D eigenvalue weighted by Gasteiger charge is -2.23. The molecule has 0 unspecified atom stereocenters. The van der Waals surface area contributed by atoms with Gasteiger partial charge in [-0.1, -0.05) is 66.7 Å². The van der Waals surface area contributed by atoms with Crippen LogP contribution in [0.15, 0.2) is 78.9 Å². The fraction of sp³-hybridized carbons (Fsp3) is 0.0909. The second kappa shape index (κ2) is 9.71. The topological polar surface area (TPSA) is 104 Å². The van der Waals surface area contributed by atoms with Crippen LogP contribution in [0.1, 0.15) is 20.7 Å². The third-order valence-corrected chi connectivity index (χ3v) is 6.44. The fourth-order valence-electron chi connectivity index (χ4n) is 2.87. The Labute approximate surface area is 170 Å². The van der Waals surface area contributed by atoms with Gasteiger partial charge in [0.25, 0.3) is 0 Å². The third kappa shape index (κ3) is 5.33. The van der Waals surface area contributed by atoms with Crippen molar-refractivity contribution in [1.29, 1.82) is 0 Å². The molecule has 29 heavy (non-hydrogen) atoms. The van der Waals surface area contributed by atoms with Crippen LogP contribution in [0.25, 0.3) is 0 Å². The summed E-state index contributed by atoms with van der Waals surface area (Å²) in [4.78, 5) is 22.7. The molecular weight excluding hydrogens is 387 g/mol. The zero-order valence-electron chi connectivity index (χ0n) is 15.5. The number of rotatable bonds is 9. The highest BCUT2D eigenvalue weighted by Crippen LogP contribution is 2.35. The van der Waals surface area contributed by atoms with Gasteiger partial charge in [-0.05, 0) is 25.4 Å². The van der Waals surface area contributed by atoms with E-state index in [1.165, 1.54) is 12.1 Å². The minimum Gasteiger partial charge on any atom is -0.545 e. The number of hydrogen-bond acceptors (Lipinski definition) is 6. The Balaban J connectivity index is 1.78. The molecule has 0 aromatic heterocycles. The molecule has 0 spiro atoms. The Morgan fingerprint density at radius 2 is 1.07 bits per heavy atom. The highest BCUT2D eigenvalue weighted by molar-refractivity contribution is 7.65. The van der Waals surface area contributed by atoms with Crippen molar-refractivity contribution >= 4 is 36.5 Å². The van der Waals surface area contributed by atoms with Crippen molar-refractivity contribution in [2.24, 2.45) is 0 Å². The van der Waals surface area contributed by atoms with E-state index >= 15 is 0 Å². The Hall–Kier alpha value is -3.37. The predicted molar refractivity (Wildman–Crippen MR) is 112 cm³/mol. The second-order valence-electron chi connectivity index (χ2n) is 6.21. The van der Waals surface area contributed by atoms with Gasteiger partial charge in [0.15, 0.2) is 0 Å². The maximum Gasteiger partial charge on any atom is 0.0736 e. The first kappa shape index (κ1) is 20.4. The van der Waals surface area contributed by atoms with E-state index < -0.39 is 19.9 Å². The Bertz CT molecular complexity index is 933. The average molecular weight is 406 g/mol. The lowest BCUT2D eigenvalue weighted by Crippen LogP contribution is -2.25. The molecule has 0 saturated heterocycles. The molecule has 0 fully saturated rings. The molecule has 3 aromatic carbocycles. The van der Waals surface area contributed by atoms with Gasteiger partial charge in [-0.3, -0.25) is 0 Å². The molecule has 7 heteroatoms. The van der Waals surface area contributed by atoms with Crippen molar-refractivity contribution in [2.45, 2.75) is 0 Å². The Kier molecular flexibility index (Phi) is 6.82. The summed E-state index contributed by atoms with van der Waals surface area (Å²) in [5.74, 6) is -2.48. The van der Waals surface area contributed by atoms with Crippen LogP contribution in [0, 0.1) is 0 Å². The minimum absolute atomic E-state index is 0.103. The van der Waals surface area contributed by atoms with E-state index in [-0.39, 0.29) is 11.1 Å². The maximum absolute atomic E-state index is 11.3. The normalized spacial score (nSPS) is 10.5. The fourth-order valence-corrected chi connectivity index (χ4v) is 4.66. The van der Waals surface area contributed by atoms with Crippen LogP contribution in [0.5, 0.6) is 0 Å². The van der Waals surface area contributed by atoms with Crippen molar-refractivity contribution in [2.75, 3.05) is 23.2 Å². The standard InChI is InChI=1S/C22H21N2O4P/c25-21(26)17-10-4-6-12-19(17)23-14-29(16-8-2-1-3-9-16)15-24-20-13-7-5-11-18(20)22(27)28/h1-13,23-24H,14-15H2,(H,25,26)(H,27,28)/p-2. The number of carboxylic acids is 2. The number of benzene rings is 3. The summed E-state index contributed by atoms with van der Waals surface area (Å²) < 4.78 is 0. The van der Waals surface area contributed by atoms with E-state index in [4.69, 9.17) is 0 Å². The Morgan fingerprint density at radius 1 is 0.655 bits per heavy atom. The number of carboxylic acid groups (broad SMARTS) is 2. The summed E-state index contributed by atoms with van der Waals surface area (Å²) in [5.41, 5.74) is 1.19. The van der Waals surface area contributed by atoms with Gasteiger partial charge in [0.1, 0.15) is 0 Å². The van der Waals surface area contributed by atoms with Crippen LogP contribution < -0.4 is 26.2 Å². The molecule has 0 saturated carbocycles. The maximum atomic E-state index is 11.3. The van der Waals surface area contributed by atoms with E-state index in [9.17, 15) is 19.8 Å². The quantitative estimate of drug-likeness (QED) is 0.524. The molecule has 0 bridgehead atoms. The van der Waals surface area contributed by atoms with Crippen molar-refractivity contribution in [1.82, 2.24) is 0 Å². The monoisotopic (exact) mass is 406 g/mol. The van der Waals surface area contributed by atoms with Gasteiger partial charge >= 0.3 is 0 Å². The van der Waals surface area contributed by atoms with Gasteiger partial charge < -0.3 is 30.4 Å². The molecule has 0 aliphatic heterocycles. The van der Waals surface area contributed by atoms with Crippen molar-refractivity contribution in [3.8, 4) is 0 Å². The molecule has 0 atom stereocenters. The number of hydrogen-bond donors (Lipinski definition) is 2. The summed E-state index contributed by atoms with van der Waals surface area (Å²) in [6.45, 7) is 0. The SMILES string of the molecule is O=C([O-])c1ccccc1NCP(CNc1ccccc1C(=O)[O-])c1ccccc1. The van der Waals surface area contributed by atoms with Crippen LogP contribution in [0.4, 0.5) is 11.4 Å². The molecule has 0 radical (unpaired) electrons. The van der Waals surface area contributed by atoms with Crippen LogP contribution in [0.3, 0.4) is 0 Å². The molecule has 3 aromatic rings. The van der Waals surface area contributed by atoms with Gasteiger partial charge in [-0.25, -0.2) is 0 Å². The number of aromatic carboxylic acids is 2. The Morgan fingerprint density at radius 3 is 1.52 bits per heavy atom. The summed E-state index contributed by atoms with van der Waals surface area (Å²) in [5, 5.41) is 30.2. The van der Waals surface area contributed by atoms with Crippen molar-refractivity contribution in [3.63, 3.8) is 0 Å². The average Bonchev–Trinajstić information content (AvgIpc) is 2.74. The van der Waals surface area contributed by atoms with Crippen LogP contribution in [0.2, 0.25) is 0 Å². The molecule has 0 heterocycles. The molecule has 6 nitrogen and oxygen atoms in total. The number of carbonyl (C=O) groups is 2. The second-order valence-corrected chi connectivity index (χ2v) is 8.44. The predicted octanol–water partition coefficient (Wildman–Crippen LogP) is 1.66. The molecule has 148 valence electrons. The summed E-state index contributed by atoms with van der Waals surface area (Å²) >= 11 is 0. The van der Waals surface area contributed by atoms with E-state index in [1.807, 2.05) is 30.3 Å². The van der Waals surface area contributed by atoms with Crippen molar-refractivity contribution < 1.29 is 19.8 Å². The minimum atomic E-state index is -1.24. The molecule has 2 N–H and O–H groups in total. The lowest BCUT2D eigenvalue weighted by atomic mass is 10.2. The van der Waals surface area contributed by atoms with Gasteiger partial charge in [0.05, 0.1) is 11.9 Å².